The number of nitrogens with one attached hydrogen (secondary N) is 2. The summed E-state index contributed by atoms with van der Waals surface area (Å²) in [6, 6.07) is 12.2. The Bertz CT molecular complexity index is 919. The van der Waals surface area contributed by atoms with Gasteiger partial charge in [-0.25, -0.2) is 4.79 Å². The van der Waals surface area contributed by atoms with E-state index in [0.29, 0.717) is 42.1 Å². The number of hydrogen-bond donors (Lipinski definition) is 2. The lowest BCUT2D eigenvalue weighted by Crippen LogP contribution is -2.38. The summed E-state index contributed by atoms with van der Waals surface area (Å²) >= 11 is 9.24. The molecule has 2 aromatic carbocycles. The monoisotopic (exact) mass is 463 g/mol. The molecule has 0 aromatic heterocycles. The molecule has 3 rings (SSSR count). The van der Waals surface area contributed by atoms with Gasteiger partial charge in [0.1, 0.15) is 0 Å². The minimum atomic E-state index is -0.299. The van der Waals surface area contributed by atoms with Crippen LogP contribution in [0, 0.1) is 0 Å². The number of carbonyl (C=O) groups excluding carboxylic acids is 3. The van der Waals surface area contributed by atoms with Crippen LogP contribution in [0.25, 0.3) is 0 Å². The Morgan fingerprint density at radius 2 is 1.75 bits per heavy atom. The van der Waals surface area contributed by atoms with Crippen LogP contribution in [0.4, 0.5) is 4.79 Å². The Kier molecular flexibility index (Phi) is 6.70. The molecule has 0 saturated carbocycles. The highest BCUT2D eigenvalue weighted by Crippen LogP contribution is 2.25. The third-order valence-corrected chi connectivity index (χ3v) is 5.09. The van der Waals surface area contributed by atoms with Crippen molar-refractivity contribution in [3.8, 4) is 0 Å². The van der Waals surface area contributed by atoms with Crippen molar-refractivity contribution in [1.29, 1.82) is 0 Å². The first-order valence-electron chi connectivity index (χ1n) is 8.87. The smallest absolute Gasteiger partial charge is 0.314 e. The standard InChI is InChI=1S/C20H19BrClN3O3/c21-14-5-6-16-17(12-14)19(27)25(18(16)26)10-2-8-23-20(28)24-9-7-13-3-1-4-15(22)11-13/h1,3-6,11-12H,2,7-10H2,(H2,23,24,28). The highest BCUT2D eigenvalue weighted by Gasteiger charge is 2.34. The fourth-order valence-corrected chi connectivity index (χ4v) is 3.55. The van der Waals surface area contributed by atoms with Crippen LogP contribution in [0.3, 0.4) is 0 Å². The van der Waals surface area contributed by atoms with Gasteiger partial charge in [-0.05, 0) is 48.7 Å². The fourth-order valence-electron chi connectivity index (χ4n) is 2.98. The summed E-state index contributed by atoms with van der Waals surface area (Å²) in [5.41, 5.74) is 1.87. The van der Waals surface area contributed by atoms with E-state index in [9.17, 15) is 14.4 Å². The van der Waals surface area contributed by atoms with Crippen molar-refractivity contribution in [2.75, 3.05) is 19.6 Å². The highest BCUT2D eigenvalue weighted by molar-refractivity contribution is 9.10. The van der Waals surface area contributed by atoms with Crippen LogP contribution in [0.2, 0.25) is 5.02 Å². The molecule has 2 aromatic rings. The molecular formula is C20H19BrClN3O3. The molecule has 2 N–H and O–H groups in total. The van der Waals surface area contributed by atoms with Crippen LogP contribution in [0.5, 0.6) is 0 Å². The van der Waals surface area contributed by atoms with Crippen molar-refractivity contribution in [3.63, 3.8) is 0 Å². The zero-order valence-electron chi connectivity index (χ0n) is 15.0. The molecule has 0 bridgehead atoms. The summed E-state index contributed by atoms with van der Waals surface area (Å²) in [5.74, 6) is -0.592. The molecule has 0 unspecified atom stereocenters. The molecule has 0 spiro atoms. The number of hydrogen-bond acceptors (Lipinski definition) is 3. The number of amides is 4. The SMILES string of the molecule is O=C(NCCCN1C(=O)c2ccc(Br)cc2C1=O)NCCc1cccc(Cl)c1. The zero-order chi connectivity index (χ0) is 20.1. The summed E-state index contributed by atoms with van der Waals surface area (Å²) in [6.07, 6.45) is 1.16. The Hall–Kier alpha value is -2.38. The quantitative estimate of drug-likeness (QED) is 0.485. The van der Waals surface area contributed by atoms with Gasteiger partial charge < -0.3 is 10.6 Å². The third kappa shape index (κ3) is 4.91. The van der Waals surface area contributed by atoms with E-state index < -0.39 is 0 Å². The van der Waals surface area contributed by atoms with E-state index in [2.05, 4.69) is 26.6 Å². The Morgan fingerprint density at radius 3 is 2.54 bits per heavy atom. The van der Waals surface area contributed by atoms with Gasteiger partial charge in [0.05, 0.1) is 11.1 Å². The number of fused-ring (bicyclic) bond motifs is 1. The number of imide groups is 1. The van der Waals surface area contributed by atoms with Crippen LogP contribution < -0.4 is 10.6 Å². The van der Waals surface area contributed by atoms with E-state index in [4.69, 9.17) is 11.6 Å². The van der Waals surface area contributed by atoms with Gasteiger partial charge in [0, 0.05) is 29.1 Å². The van der Waals surface area contributed by atoms with E-state index in [0.717, 1.165) is 10.0 Å². The van der Waals surface area contributed by atoms with Gasteiger partial charge in [-0.1, -0.05) is 39.7 Å². The molecule has 28 heavy (non-hydrogen) atoms. The molecule has 0 saturated heterocycles. The first-order chi connectivity index (χ1) is 13.5. The third-order valence-electron chi connectivity index (χ3n) is 4.37. The molecule has 0 atom stereocenters. The second-order valence-corrected chi connectivity index (χ2v) is 7.72. The summed E-state index contributed by atoms with van der Waals surface area (Å²) in [4.78, 5) is 37.7. The van der Waals surface area contributed by atoms with Crippen LogP contribution in [-0.2, 0) is 6.42 Å². The number of halogens is 2. The summed E-state index contributed by atoms with van der Waals surface area (Å²) in [6.45, 7) is 1.10. The highest BCUT2D eigenvalue weighted by atomic mass is 79.9. The summed E-state index contributed by atoms with van der Waals surface area (Å²) in [7, 11) is 0. The topological polar surface area (TPSA) is 78.5 Å². The molecule has 1 aliphatic rings. The minimum Gasteiger partial charge on any atom is -0.338 e. The Morgan fingerprint density at radius 1 is 1.00 bits per heavy atom. The average molecular weight is 465 g/mol. The second-order valence-electron chi connectivity index (χ2n) is 6.37. The lowest BCUT2D eigenvalue weighted by atomic mass is 10.1. The summed E-state index contributed by atoms with van der Waals surface area (Å²) < 4.78 is 0.755. The largest absolute Gasteiger partial charge is 0.338 e. The van der Waals surface area contributed by atoms with E-state index in [1.807, 2.05) is 18.2 Å². The molecule has 146 valence electrons. The second kappa shape index (κ2) is 9.21. The molecule has 4 amide bonds. The van der Waals surface area contributed by atoms with E-state index in [1.165, 1.54) is 4.90 Å². The molecular weight excluding hydrogens is 446 g/mol. The van der Waals surface area contributed by atoms with Crippen LogP contribution in [0.15, 0.2) is 46.9 Å². The van der Waals surface area contributed by atoms with Crippen molar-refractivity contribution in [1.82, 2.24) is 15.5 Å². The predicted molar refractivity (Wildman–Crippen MR) is 111 cm³/mol. The molecule has 1 aliphatic heterocycles. The van der Waals surface area contributed by atoms with Crippen LogP contribution >= 0.6 is 27.5 Å². The number of benzene rings is 2. The van der Waals surface area contributed by atoms with E-state index in [1.54, 1.807) is 24.3 Å². The maximum atomic E-state index is 12.4. The fraction of sp³-hybridized carbons (Fsp3) is 0.250. The first kappa shape index (κ1) is 20.4. The molecule has 0 fully saturated rings. The molecule has 8 heteroatoms. The lowest BCUT2D eigenvalue weighted by molar-refractivity contribution is 0.0653. The molecule has 0 aliphatic carbocycles. The van der Waals surface area contributed by atoms with Gasteiger partial charge in [0.15, 0.2) is 0 Å². The van der Waals surface area contributed by atoms with Gasteiger partial charge in [0.2, 0.25) is 0 Å². The predicted octanol–water partition coefficient (Wildman–Crippen LogP) is 3.63. The number of nitrogens with zero attached hydrogens (tertiary/aromatic N) is 1. The molecule has 1 heterocycles. The minimum absolute atomic E-state index is 0.257. The maximum Gasteiger partial charge on any atom is 0.314 e. The van der Waals surface area contributed by atoms with E-state index in [-0.39, 0.29) is 24.4 Å². The maximum absolute atomic E-state index is 12.4. The number of rotatable bonds is 7. The van der Waals surface area contributed by atoms with Crippen molar-refractivity contribution in [2.24, 2.45) is 0 Å². The van der Waals surface area contributed by atoms with Crippen molar-refractivity contribution < 1.29 is 14.4 Å². The summed E-state index contributed by atoms with van der Waals surface area (Å²) in [5, 5.41) is 6.17. The van der Waals surface area contributed by atoms with Crippen LogP contribution in [-0.4, -0.2) is 42.4 Å². The average Bonchev–Trinajstić information content (AvgIpc) is 2.89. The normalized spacial score (nSPS) is 12.9. The van der Waals surface area contributed by atoms with Crippen molar-refractivity contribution in [2.45, 2.75) is 12.8 Å². The van der Waals surface area contributed by atoms with E-state index >= 15 is 0 Å². The Labute approximate surface area is 176 Å². The van der Waals surface area contributed by atoms with Gasteiger partial charge in [-0.15, -0.1) is 0 Å². The molecule has 6 nitrogen and oxygen atoms in total. The number of carbonyl (C=O) groups is 3. The molecule has 0 radical (unpaired) electrons. The van der Waals surface area contributed by atoms with Gasteiger partial charge in [-0.2, -0.15) is 0 Å². The Balaban J connectivity index is 1.37. The van der Waals surface area contributed by atoms with Gasteiger partial charge >= 0.3 is 6.03 Å². The van der Waals surface area contributed by atoms with Gasteiger partial charge in [-0.3, -0.25) is 14.5 Å². The van der Waals surface area contributed by atoms with Crippen molar-refractivity contribution in [3.05, 3.63) is 68.7 Å². The van der Waals surface area contributed by atoms with Crippen molar-refractivity contribution >= 4 is 45.4 Å². The first-order valence-corrected chi connectivity index (χ1v) is 10.0. The van der Waals surface area contributed by atoms with Gasteiger partial charge in [0.25, 0.3) is 11.8 Å². The lowest BCUT2D eigenvalue weighted by Gasteiger charge is -2.14. The number of urea groups is 1. The zero-order valence-corrected chi connectivity index (χ0v) is 17.3. The van der Waals surface area contributed by atoms with Crippen LogP contribution in [0.1, 0.15) is 32.7 Å².